The Kier molecular flexibility index (Phi) is 6.02. The van der Waals surface area contributed by atoms with Gasteiger partial charge in [0.25, 0.3) is 0 Å². The second-order valence-corrected chi connectivity index (χ2v) is 13.6. The summed E-state index contributed by atoms with van der Waals surface area (Å²) < 4.78 is 4.72. The molecule has 0 spiro atoms. The van der Waals surface area contributed by atoms with Crippen molar-refractivity contribution in [3.05, 3.63) is 187 Å². The maximum atomic E-state index is 7.39. The van der Waals surface area contributed by atoms with Crippen LogP contribution in [0.2, 0.25) is 0 Å². The van der Waals surface area contributed by atoms with Gasteiger partial charge in [-0.05, 0) is 104 Å². The molecule has 0 atom stereocenters. The first kappa shape index (κ1) is 28.7. The van der Waals surface area contributed by atoms with Crippen molar-refractivity contribution < 1.29 is 0 Å². The van der Waals surface area contributed by atoms with E-state index < -0.39 is 0 Å². The van der Waals surface area contributed by atoms with E-state index in [4.69, 9.17) is 6.57 Å². The zero-order valence-electron chi connectivity index (χ0n) is 28.1. The van der Waals surface area contributed by atoms with Gasteiger partial charge in [0, 0.05) is 32.9 Å². The van der Waals surface area contributed by atoms with E-state index in [-0.39, 0.29) is 0 Å². The highest BCUT2D eigenvalue weighted by Crippen LogP contribution is 2.40. The molecule has 0 saturated carbocycles. The molecule has 0 amide bonds. The van der Waals surface area contributed by atoms with Crippen LogP contribution in [0.3, 0.4) is 0 Å². The van der Waals surface area contributed by atoms with Crippen molar-refractivity contribution in [3.63, 3.8) is 0 Å². The fraction of sp³-hybridized carbons (Fsp3) is 0. The van der Waals surface area contributed by atoms with E-state index >= 15 is 0 Å². The molecule has 2 heterocycles. The molecule has 3 nitrogen and oxygen atoms in total. The number of benzene rings is 9. The van der Waals surface area contributed by atoms with Gasteiger partial charge in [0.2, 0.25) is 0 Å². The number of hydrogen-bond donors (Lipinski definition) is 0. The van der Waals surface area contributed by atoms with E-state index in [1.54, 1.807) is 0 Å². The number of fused-ring (bicyclic) bond motifs is 12. The molecule has 0 aliphatic rings. The summed E-state index contributed by atoms with van der Waals surface area (Å²) in [5, 5.41) is 12.6. The Morgan fingerprint density at radius 3 is 1.23 bits per heavy atom. The van der Waals surface area contributed by atoms with Gasteiger partial charge >= 0.3 is 0 Å². The fourth-order valence-electron chi connectivity index (χ4n) is 8.57. The molecule has 0 saturated heterocycles. The molecule has 52 heavy (non-hydrogen) atoms. The van der Waals surface area contributed by atoms with E-state index in [1.165, 1.54) is 76.0 Å². The lowest BCUT2D eigenvalue weighted by molar-refractivity contribution is 1.18. The summed E-state index contributed by atoms with van der Waals surface area (Å²) in [6.45, 7) is 7.39. The first-order valence-electron chi connectivity index (χ1n) is 17.6. The minimum absolute atomic E-state index is 0.645. The van der Waals surface area contributed by atoms with Gasteiger partial charge in [-0.3, -0.25) is 0 Å². The van der Waals surface area contributed by atoms with Gasteiger partial charge in [-0.2, -0.15) is 0 Å². The average Bonchev–Trinajstić information content (AvgIpc) is 3.73. The molecule has 0 aliphatic heterocycles. The molecule has 0 bridgehead atoms. The summed E-state index contributed by atoms with van der Waals surface area (Å²) in [5.41, 5.74) is 9.91. The molecule has 9 aromatic carbocycles. The summed E-state index contributed by atoms with van der Waals surface area (Å²) in [4.78, 5) is 3.59. The molecular weight excluding hydrogens is 631 g/mol. The lowest BCUT2D eigenvalue weighted by atomic mass is 9.94. The predicted octanol–water partition coefficient (Wildman–Crippen LogP) is 13.6. The highest BCUT2D eigenvalue weighted by Gasteiger charge is 2.17. The topological polar surface area (TPSA) is 14.2 Å². The van der Waals surface area contributed by atoms with Crippen molar-refractivity contribution in [2.75, 3.05) is 0 Å². The van der Waals surface area contributed by atoms with E-state index in [2.05, 4.69) is 166 Å². The quantitative estimate of drug-likeness (QED) is 0.132. The molecule has 0 aliphatic carbocycles. The molecular formula is C49H29N3. The van der Waals surface area contributed by atoms with Crippen LogP contribution in [0.1, 0.15) is 0 Å². The molecule has 11 aromatic rings. The van der Waals surface area contributed by atoms with Crippen LogP contribution in [0.25, 0.3) is 103 Å². The van der Waals surface area contributed by atoms with Crippen LogP contribution in [-0.2, 0) is 0 Å². The minimum atomic E-state index is 0.645. The second-order valence-electron chi connectivity index (χ2n) is 13.6. The van der Waals surface area contributed by atoms with Crippen molar-refractivity contribution >= 4 is 81.6 Å². The van der Waals surface area contributed by atoms with E-state index in [0.717, 1.165) is 22.4 Å². The summed E-state index contributed by atoms with van der Waals surface area (Å²) >= 11 is 0. The molecule has 240 valence electrons. The SMILES string of the molecule is [C-]#[N+]c1ccc(-n2c3ccccc3c3cc(-c4ccc5c(c4)c4ccccc4n5-c4ccc5c6ccccc6c6ccccc6c5c4)ccc32)cc1. The van der Waals surface area contributed by atoms with Gasteiger partial charge < -0.3 is 9.13 Å². The average molecular weight is 660 g/mol. The van der Waals surface area contributed by atoms with E-state index in [0.29, 0.717) is 5.69 Å². The van der Waals surface area contributed by atoms with E-state index in [9.17, 15) is 0 Å². The first-order chi connectivity index (χ1) is 25.7. The summed E-state index contributed by atoms with van der Waals surface area (Å²) in [6, 6.07) is 63.5. The van der Waals surface area contributed by atoms with Gasteiger partial charge in [-0.15, -0.1) is 0 Å². The Labute approximate surface area is 299 Å². The normalized spacial score (nSPS) is 11.8. The van der Waals surface area contributed by atoms with Gasteiger partial charge in [0.15, 0.2) is 5.69 Å². The van der Waals surface area contributed by atoms with Crippen molar-refractivity contribution in [2.45, 2.75) is 0 Å². The predicted molar refractivity (Wildman–Crippen MR) is 219 cm³/mol. The third kappa shape index (κ3) is 4.07. The van der Waals surface area contributed by atoms with Gasteiger partial charge in [-0.25, -0.2) is 4.85 Å². The Hall–Kier alpha value is -7.15. The van der Waals surface area contributed by atoms with Gasteiger partial charge in [0.1, 0.15) is 0 Å². The van der Waals surface area contributed by atoms with Crippen LogP contribution in [0, 0.1) is 6.57 Å². The van der Waals surface area contributed by atoms with E-state index in [1.807, 2.05) is 24.3 Å². The molecule has 0 fully saturated rings. The third-order valence-electron chi connectivity index (χ3n) is 10.9. The first-order valence-corrected chi connectivity index (χ1v) is 17.6. The maximum Gasteiger partial charge on any atom is 0.187 e. The number of hydrogen-bond acceptors (Lipinski definition) is 0. The number of rotatable bonds is 3. The molecule has 2 aromatic heterocycles. The Morgan fingerprint density at radius 1 is 0.308 bits per heavy atom. The lowest BCUT2D eigenvalue weighted by Crippen LogP contribution is -1.94. The van der Waals surface area contributed by atoms with Crippen LogP contribution >= 0.6 is 0 Å². The van der Waals surface area contributed by atoms with Crippen LogP contribution in [0.4, 0.5) is 5.69 Å². The molecule has 11 rings (SSSR count). The zero-order chi connectivity index (χ0) is 34.3. The van der Waals surface area contributed by atoms with Crippen LogP contribution in [-0.4, -0.2) is 9.13 Å². The number of nitrogens with zero attached hydrogens (tertiary/aromatic N) is 3. The van der Waals surface area contributed by atoms with Crippen LogP contribution in [0.15, 0.2) is 176 Å². The van der Waals surface area contributed by atoms with Crippen LogP contribution in [0.5, 0.6) is 0 Å². The van der Waals surface area contributed by atoms with Crippen molar-refractivity contribution in [2.24, 2.45) is 0 Å². The molecule has 0 N–H and O–H groups in total. The van der Waals surface area contributed by atoms with Crippen molar-refractivity contribution in [1.82, 2.24) is 9.13 Å². The van der Waals surface area contributed by atoms with Crippen molar-refractivity contribution in [3.8, 4) is 22.5 Å². The Balaban J connectivity index is 1.10. The monoisotopic (exact) mass is 659 g/mol. The second kappa shape index (κ2) is 10.9. The summed E-state index contributed by atoms with van der Waals surface area (Å²) in [7, 11) is 0. The molecule has 0 unspecified atom stereocenters. The minimum Gasteiger partial charge on any atom is -0.309 e. The third-order valence-corrected chi connectivity index (χ3v) is 10.9. The van der Waals surface area contributed by atoms with Crippen molar-refractivity contribution in [1.29, 1.82) is 0 Å². The Morgan fingerprint density at radius 2 is 0.712 bits per heavy atom. The van der Waals surface area contributed by atoms with Gasteiger partial charge in [-0.1, -0.05) is 115 Å². The highest BCUT2D eigenvalue weighted by atomic mass is 15.0. The summed E-state index contributed by atoms with van der Waals surface area (Å²) in [5.74, 6) is 0. The standard InChI is InChI=1S/C49H29N3/c1-50-33-20-22-34(23-21-33)51-46-16-8-6-14-41(46)44-28-31(18-26-48(44)51)32-19-27-49-45(29-32)42-15-7-9-17-47(42)52(49)35-24-25-40-38-12-3-2-10-36(38)37-11-4-5-13-39(37)43(40)30-35/h2-30H. The fourth-order valence-corrected chi connectivity index (χ4v) is 8.57. The smallest absolute Gasteiger partial charge is 0.187 e. The van der Waals surface area contributed by atoms with Gasteiger partial charge in [0.05, 0.1) is 28.6 Å². The molecule has 3 heteroatoms. The highest BCUT2D eigenvalue weighted by molar-refractivity contribution is 6.25. The lowest BCUT2D eigenvalue weighted by Gasteiger charge is -2.14. The largest absolute Gasteiger partial charge is 0.309 e. The molecule has 0 radical (unpaired) electrons. The number of aromatic nitrogens is 2. The van der Waals surface area contributed by atoms with Crippen LogP contribution < -0.4 is 0 Å². The zero-order valence-corrected chi connectivity index (χ0v) is 28.1. The maximum absolute atomic E-state index is 7.39. The Bertz CT molecular complexity index is 3260. The number of para-hydroxylation sites is 2. The summed E-state index contributed by atoms with van der Waals surface area (Å²) in [6.07, 6.45) is 0.